The number of carbonyl (C=O) groups excluding carboxylic acids is 1. The summed E-state index contributed by atoms with van der Waals surface area (Å²) in [5.41, 5.74) is 1.46. The molecule has 2 aromatic carbocycles. The van der Waals surface area contributed by atoms with Crippen LogP contribution in [0.4, 0.5) is 11.4 Å². The molecule has 7 heteroatoms. The fourth-order valence-corrected chi connectivity index (χ4v) is 3.93. The third-order valence-corrected chi connectivity index (χ3v) is 5.64. The molecular weight excluding hydrogens is 338 g/mol. The van der Waals surface area contributed by atoms with Gasteiger partial charge in [0.1, 0.15) is 0 Å². The number of amides is 1. The Balaban J connectivity index is 1.73. The van der Waals surface area contributed by atoms with Gasteiger partial charge in [0, 0.05) is 38.8 Å². The largest absolute Gasteiger partial charge is 0.368 e. The molecule has 0 spiro atoms. The quantitative estimate of drug-likeness (QED) is 0.908. The summed E-state index contributed by atoms with van der Waals surface area (Å²) in [6.45, 7) is 4.39. The highest BCUT2D eigenvalue weighted by atomic mass is 32.2. The molecule has 132 valence electrons. The summed E-state index contributed by atoms with van der Waals surface area (Å²) in [6.07, 6.45) is 0. The van der Waals surface area contributed by atoms with Crippen LogP contribution < -0.4 is 9.62 Å². The molecule has 0 atom stereocenters. The lowest BCUT2D eigenvalue weighted by molar-refractivity contribution is -0.129. The molecule has 0 bridgehead atoms. The highest BCUT2D eigenvalue weighted by molar-refractivity contribution is 7.92. The molecule has 0 aliphatic carbocycles. The summed E-state index contributed by atoms with van der Waals surface area (Å²) >= 11 is 0. The molecule has 1 saturated heterocycles. The van der Waals surface area contributed by atoms with Crippen molar-refractivity contribution in [3.05, 3.63) is 54.6 Å². The van der Waals surface area contributed by atoms with Crippen LogP contribution in [0, 0.1) is 0 Å². The van der Waals surface area contributed by atoms with E-state index < -0.39 is 10.0 Å². The number of rotatable bonds is 4. The van der Waals surface area contributed by atoms with Crippen LogP contribution in [0.2, 0.25) is 0 Å². The Morgan fingerprint density at radius 1 is 0.960 bits per heavy atom. The zero-order valence-electron chi connectivity index (χ0n) is 14.1. The van der Waals surface area contributed by atoms with E-state index in [0.29, 0.717) is 18.8 Å². The number of nitrogens with one attached hydrogen (secondary N) is 1. The summed E-state index contributed by atoms with van der Waals surface area (Å²) in [4.78, 5) is 15.6. The van der Waals surface area contributed by atoms with Gasteiger partial charge in [-0.05, 0) is 30.3 Å². The van der Waals surface area contributed by atoms with Gasteiger partial charge < -0.3 is 9.80 Å². The first-order chi connectivity index (χ1) is 12.0. The van der Waals surface area contributed by atoms with Gasteiger partial charge in [-0.1, -0.05) is 24.3 Å². The Hall–Kier alpha value is -2.54. The molecule has 0 radical (unpaired) electrons. The summed E-state index contributed by atoms with van der Waals surface area (Å²) < 4.78 is 27.5. The second-order valence-electron chi connectivity index (χ2n) is 5.96. The van der Waals surface area contributed by atoms with Crippen LogP contribution in [0.1, 0.15) is 6.92 Å². The number of piperazine rings is 1. The van der Waals surface area contributed by atoms with Gasteiger partial charge in [-0.3, -0.25) is 9.52 Å². The van der Waals surface area contributed by atoms with Crippen molar-refractivity contribution in [3.63, 3.8) is 0 Å². The van der Waals surface area contributed by atoms with Gasteiger partial charge >= 0.3 is 0 Å². The molecule has 1 amide bonds. The molecule has 2 aromatic rings. The minimum absolute atomic E-state index is 0.0871. The number of hydrogen-bond acceptors (Lipinski definition) is 4. The summed E-state index contributed by atoms with van der Waals surface area (Å²) in [5.74, 6) is 0.0871. The smallest absolute Gasteiger partial charge is 0.261 e. The maximum Gasteiger partial charge on any atom is 0.261 e. The van der Waals surface area contributed by atoms with Crippen LogP contribution in [0.3, 0.4) is 0 Å². The summed E-state index contributed by atoms with van der Waals surface area (Å²) in [7, 11) is -3.60. The normalized spacial score (nSPS) is 15.1. The van der Waals surface area contributed by atoms with Crippen LogP contribution in [0.25, 0.3) is 0 Å². The van der Waals surface area contributed by atoms with Crippen molar-refractivity contribution in [2.24, 2.45) is 0 Å². The number of benzene rings is 2. The lowest BCUT2D eigenvalue weighted by Crippen LogP contribution is -2.48. The third-order valence-electron chi connectivity index (χ3n) is 4.24. The lowest BCUT2D eigenvalue weighted by Gasteiger charge is -2.35. The first kappa shape index (κ1) is 17.3. The average Bonchev–Trinajstić information content (AvgIpc) is 2.62. The van der Waals surface area contributed by atoms with Crippen molar-refractivity contribution in [1.82, 2.24) is 4.90 Å². The van der Waals surface area contributed by atoms with Gasteiger partial charge in [0.2, 0.25) is 5.91 Å². The van der Waals surface area contributed by atoms with Gasteiger partial charge in [0.05, 0.1) is 10.6 Å². The average molecular weight is 359 g/mol. The Bertz CT molecular complexity index is 845. The summed E-state index contributed by atoms with van der Waals surface area (Å²) in [6, 6.07) is 15.6. The van der Waals surface area contributed by atoms with Crippen LogP contribution in [0.5, 0.6) is 0 Å². The zero-order chi connectivity index (χ0) is 17.9. The SMILES string of the molecule is CC(=O)N1CCN(c2cccc(NS(=O)(=O)c3ccccc3)c2)CC1. The molecule has 3 rings (SSSR count). The van der Waals surface area contributed by atoms with Crippen molar-refractivity contribution >= 4 is 27.3 Å². The molecule has 1 heterocycles. The Morgan fingerprint density at radius 2 is 1.64 bits per heavy atom. The topological polar surface area (TPSA) is 69.7 Å². The van der Waals surface area contributed by atoms with Crippen molar-refractivity contribution in [2.45, 2.75) is 11.8 Å². The van der Waals surface area contributed by atoms with E-state index in [-0.39, 0.29) is 10.8 Å². The van der Waals surface area contributed by atoms with E-state index in [1.165, 1.54) is 0 Å². The minimum Gasteiger partial charge on any atom is -0.368 e. The zero-order valence-corrected chi connectivity index (χ0v) is 14.9. The molecule has 6 nitrogen and oxygen atoms in total. The maximum absolute atomic E-state index is 12.4. The molecule has 1 fully saturated rings. The fraction of sp³-hybridized carbons (Fsp3) is 0.278. The van der Waals surface area contributed by atoms with Gasteiger partial charge in [0.25, 0.3) is 10.0 Å². The molecular formula is C18H21N3O3S. The first-order valence-corrected chi connectivity index (χ1v) is 9.62. The van der Waals surface area contributed by atoms with E-state index in [9.17, 15) is 13.2 Å². The van der Waals surface area contributed by atoms with Crippen LogP contribution in [0.15, 0.2) is 59.5 Å². The monoisotopic (exact) mass is 359 g/mol. The highest BCUT2D eigenvalue weighted by Crippen LogP contribution is 2.23. The number of hydrogen-bond donors (Lipinski definition) is 1. The predicted molar refractivity (Wildman–Crippen MR) is 98.2 cm³/mol. The van der Waals surface area contributed by atoms with E-state index in [2.05, 4.69) is 9.62 Å². The summed E-state index contributed by atoms with van der Waals surface area (Å²) in [5, 5.41) is 0. The third kappa shape index (κ3) is 4.11. The molecule has 0 saturated carbocycles. The minimum atomic E-state index is -3.60. The van der Waals surface area contributed by atoms with E-state index in [4.69, 9.17) is 0 Å². The first-order valence-electron chi connectivity index (χ1n) is 8.14. The number of carbonyl (C=O) groups is 1. The Labute approximate surface area is 148 Å². The molecule has 1 aliphatic heterocycles. The van der Waals surface area contributed by atoms with E-state index >= 15 is 0 Å². The molecule has 1 N–H and O–H groups in total. The Morgan fingerprint density at radius 3 is 2.28 bits per heavy atom. The van der Waals surface area contributed by atoms with Gasteiger partial charge in [0.15, 0.2) is 0 Å². The van der Waals surface area contributed by atoms with Crippen LogP contribution in [-0.4, -0.2) is 45.4 Å². The van der Waals surface area contributed by atoms with Gasteiger partial charge in [-0.2, -0.15) is 0 Å². The standard InChI is InChI=1S/C18H21N3O3S/c1-15(22)20-10-12-21(13-11-20)17-7-5-6-16(14-17)19-25(23,24)18-8-3-2-4-9-18/h2-9,14,19H,10-13H2,1H3. The van der Waals surface area contributed by atoms with Crippen molar-refractivity contribution in [2.75, 3.05) is 35.8 Å². The van der Waals surface area contributed by atoms with Crippen molar-refractivity contribution in [1.29, 1.82) is 0 Å². The van der Waals surface area contributed by atoms with Crippen LogP contribution in [-0.2, 0) is 14.8 Å². The van der Waals surface area contributed by atoms with E-state index in [0.717, 1.165) is 18.8 Å². The number of sulfonamides is 1. The number of nitrogens with zero attached hydrogens (tertiary/aromatic N) is 2. The number of anilines is 2. The second-order valence-corrected chi connectivity index (χ2v) is 7.64. The van der Waals surface area contributed by atoms with E-state index in [1.807, 2.05) is 23.1 Å². The van der Waals surface area contributed by atoms with Crippen molar-refractivity contribution in [3.8, 4) is 0 Å². The maximum atomic E-state index is 12.4. The van der Waals surface area contributed by atoms with Crippen molar-refractivity contribution < 1.29 is 13.2 Å². The highest BCUT2D eigenvalue weighted by Gasteiger charge is 2.19. The van der Waals surface area contributed by atoms with Gasteiger partial charge in [-0.25, -0.2) is 8.42 Å². The lowest BCUT2D eigenvalue weighted by atomic mass is 10.2. The Kier molecular flexibility index (Phi) is 4.94. The molecule has 25 heavy (non-hydrogen) atoms. The fourth-order valence-electron chi connectivity index (χ4n) is 2.86. The second kappa shape index (κ2) is 7.14. The molecule has 0 unspecified atom stereocenters. The van der Waals surface area contributed by atoms with Crippen LogP contribution >= 0.6 is 0 Å². The van der Waals surface area contributed by atoms with Gasteiger partial charge in [-0.15, -0.1) is 0 Å². The predicted octanol–water partition coefficient (Wildman–Crippen LogP) is 2.16. The molecule has 0 aromatic heterocycles. The van der Waals surface area contributed by atoms with E-state index in [1.54, 1.807) is 43.3 Å². The molecule has 1 aliphatic rings.